The van der Waals surface area contributed by atoms with Gasteiger partial charge < -0.3 is 14.6 Å². The Bertz CT molecular complexity index is 832. The van der Waals surface area contributed by atoms with E-state index >= 15 is 0 Å². The Morgan fingerprint density at radius 2 is 1.64 bits per heavy atom. The molecule has 0 fully saturated rings. The number of rotatable bonds is 8. The molecule has 0 aliphatic heterocycles. The van der Waals surface area contributed by atoms with Crippen molar-refractivity contribution >= 4 is 15.6 Å². The summed E-state index contributed by atoms with van der Waals surface area (Å²) < 4.78 is 35.2. The first kappa shape index (κ1) is 19.1. The molecule has 0 radical (unpaired) electrons. The smallest absolute Gasteiger partial charge is 0.258 e. The maximum atomic E-state index is 12.9. The van der Waals surface area contributed by atoms with Crippen LogP contribution in [0.5, 0.6) is 5.75 Å². The summed E-state index contributed by atoms with van der Waals surface area (Å²) in [6.07, 6.45) is 0.819. The molecule has 1 unspecified atom stereocenters. The van der Waals surface area contributed by atoms with Crippen LogP contribution < -0.4 is 4.74 Å². The van der Waals surface area contributed by atoms with Gasteiger partial charge >= 0.3 is 0 Å². The number of aliphatic hydroxyl groups is 1. The molecule has 0 amide bonds. The third-order valence-electron chi connectivity index (χ3n) is 3.68. The molecule has 134 valence electrons. The summed E-state index contributed by atoms with van der Waals surface area (Å²) in [5.41, 5.74) is -0.0374. The van der Waals surface area contributed by atoms with Gasteiger partial charge in [-0.25, -0.2) is 8.42 Å². The van der Waals surface area contributed by atoms with E-state index in [9.17, 15) is 18.3 Å². The SMILES string of the molecule is COCCOc1ccccc1C(O)(C(=O)c1ccccc1)S(C)(=O)=O. The Morgan fingerprint density at radius 3 is 2.24 bits per heavy atom. The molecule has 0 saturated carbocycles. The van der Waals surface area contributed by atoms with E-state index in [1.165, 1.54) is 37.4 Å². The van der Waals surface area contributed by atoms with Crippen LogP contribution in [0.2, 0.25) is 0 Å². The van der Waals surface area contributed by atoms with Crippen molar-refractivity contribution in [1.82, 2.24) is 0 Å². The monoisotopic (exact) mass is 364 g/mol. The van der Waals surface area contributed by atoms with Crippen LogP contribution in [-0.2, 0) is 19.5 Å². The van der Waals surface area contributed by atoms with Gasteiger partial charge in [-0.1, -0.05) is 48.5 Å². The summed E-state index contributed by atoms with van der Waals surface area (Å²) in [7, 11) is -2.72. The molecular weight excluding hydrogens is 344 g/mol. The minimum Gasteiger partial charge on any atom is -0.491 e. The molecule has 0 aromatic heterocycles. The van der Waals surface area contributed by atoms with Crippen LogP contribution in [-0.4, -0.2) is 45.9 Å². The number of para-hydroxylation sites is 1. The predicted octanol–water partition coefficient (Wildman–Crippen LogP) is 1.78. The maximum Gasteiger partial charge on any atom is 0.258 e. The molecule has 0 heterocycles. The molecule has 2 aromatic carbocycles. The van der Waals surface area contributed by atoms with E-state index < -0.39 is 20.6 Å². The van der Waals surface area contributed by atoms with E-state index in [0.29, 0.717) is 0 Å². The van der Waals surface area contributed by atoms with Gasteiger partial charge in [-0.15, -0.1) is 0 Å². The van der Waals surface area contributed by atoms with Crippen LogP contribution in [0.15, 0.2) is 54.6 Å². The van der Waals surface area contributed by atoms with Crippen LogP contribution in [0.4, 0.5) is 0 Å². The van der Waals surface area contributed by atoms with Crippen LogP contribution >= 0.6 is 0 Å². The highest BCUT2D eigenvalue weighted by molar-refractivity contribution is 7.92. The molecule has 6 nitrogen and oxygen atoms in total. The molecule has 0 aliphatic rings. The van der Waals surface area contributed by atoms with Crippen molar-refractivity contribution in [3.8, 4) is 5.75 Å². The fourth-order valence-corrected chi connectivity index (χ4v) is 3.41. The zero-order valence-corrected chi connectivity index (χ0v) is 14.8. The summed E-state index contributed by atoms with van der Waals surface area (Å²) in [4.78, 5) is 10.1. The number of sulfone groups is 1. The largest absolute Gasteiger partial charge is 0.491 e. The number of ether oxygens (including phenoxy) is 2. The van der Waals surface area contributed by atoms with Crippen molar-refractivity contribution < 1.29 is 27.8 Å². The summed E-state index contributed by atoms with van der Waals surface area (Å²) in [6, 6.07) is 13.8. The van der Waals surface area contributed by atoms with Gasteiger partial charge in [-0.3, -0.25) is 4.79 Å². The van der Waals surface area contributed by atoms with Crippen LogP contribution in [0, 0.1) is 0 Å². The first-order valence-corrected chi connectivity index (χ1v) is 9.44. The maximum absolute atomic E-state index is 12.9. The highest BCUT2D eigenvalue weighted by Gasteiger charge is 2.50. The Balaban J connectivity index is 2.58. The number of carbonyl (C=O) groups excluding carboxylic acids is 1. The molecule has 0 aliphatic carbocycles. The van der Waals surface area contributed by atoms with Gasteiger partial charge in [0.2, 0.25) is 5.78 Å². The van der Waals surface area contributed by atoms with E-state index in [2.05, 4.69) is 0 Å². The number of hydrogen-bond donors (Lipinski definition) is 1. The van der Waals surface area contributed by atoms with E-state index in [1.54, 1.807) is 24.3 Å². The van der Waals surface area contributed by atoms with Crippen LogP contribution in [0.3, 0.4) is 0 Å². The molecule has 2 rings (SSSR count). The molecule has 7 heteroatoms. The zero-order chi connectivity index (χ0) is 18.5. The molecular formula is C18H20O6S. The average Bonchev–Trinajstić information content (AvgIpc) is 2.61. The van der Waals surface area contributed by atoms with Crippen LogP contribution in [0.1, 0.15) is 15.9 Å². The topological polar surface area (TPSA) is 89.9 Å². The Labute approximate surface area is 146 Å². The summed E-state index contributed by atoms with van der Waals surface area (Å²) in [6.45, 7) is 0.422. The standard InChI is InChI=1S/C18H20O6S/c1-23-12-13-24-16-11-7-6-10-15(16)18(20,25(2,21)22)17(19)14-8-4-3-5-9-14/h3-11,20H,12-13H2,1-2H3. The van der Waals surface area contributed by atoms with Crippen molar-refractivity contribution in [2.45, 2.75) is 4.93 Å². The first-order valence-electron chi connectivity index (χ1n) is 7.55. The highest BCUT2D eigenvalue weighted by atomic mass is 32.2. The third-order valence-corrected chi connectivity index (χ3v) is 5.16. The first-order chi connectivity index (χ1) is 11.8. The number of carbonyl (C=O) groups is 1. The zero-order valence-electron chi connectivity index (χ0n) is 14.0. The Morgan fingerprint density at radius 1 is 1.04 bits per heavy atom. The normalized spacial score (nSPS) is 13.9. The molecule has 1 atom stereocenters. The molecule has 0 saturated heterocycles. The van der Waals surface area contributed by atoms with E-state index in [0.717, 1.165) is 6.26 Å². The highest BCUT2D eigenvalue weighted by Crippen LogP contribution is 2.37. The lowest BCUT2D eigenvalue weighted by Gasteiger charge is -2.27. The van der Waals surface area contributed by atoms with Gasteiger partial charge in [0.15, 0.2) is 9.84 Å². The lowest BCUT2D eigenvalue weighted by molar-refractivity contribution is 0.0617. The summed E-state index contributed by atoms with van der Waals surface area (Å²) in [5.74, 6) is -0.824. The molecule has 1 N–H and O–H groups in total. The molecule has 0 spiro atoms. The summed E-state index contributed by atoms with van der Waals surface area (Å²) in [5, 5.41) is 11.0. The van der Waals surface area contributed by atoms with Gasteiger partial charge in [-0.2, -0.15) is 0 Å². The lowest BCUT2D eigenvalue weighted by Crippen LogP contribution is -2.43. The van der Waals surface area contributed by atoms with E-state index in [4.69, 9.17) is 9.47 Å². The number of ketones is 1. The average molecular weight is 364 g/mol. The van der Waals surface area contributed by atoms with E-state index in [1.807, 2.05) is 0 Å². The number of methoxy groups -OCH3 is 1. The van der Waals surface area contributed by atoms with Gasteiger partial charge in [0.05, 0.1) is 6.61 Å². The van der Waals surface area contributed by atoms with Gasteiger partial charge in [0.25, 0.3) is 4.93 Å². The van der Waals surface area contributed by atoms with Crippen molar-refractivity contribution in [2.75, 3.05) is 26.6 Å². The fourth-order valence-electron chi connectivity index (χ4n) is 2.38. The van der Waals surface area contributed by atoms with Gasteiger partial charge in [-0.05, 0) is 6.07 Å². The predicted molar refractivity (Wildman–Crippen MR) is 93.3 cm³/mol. The number of Topliss-reactive ketones (excluding diaryl/α,β-unsaturated/α-hetero) is 1. The minimum absolute atomic E-state index is 0.0853. The van der Waals surface area contributed by atoms with Crippen molar-refractivity contribution in [1.29, 1.82) is 0 Å². The van der Waals surface area contributed by atoms with Crippen molar-refractivity contribution in [3.05, 3.63) is 65.7 Å². The van der Waals surface area contributed by atoms with Crippen molar-refractivity contribution in [3.63, 3.8) is 0 Å². The van der Waals surface area contributed by atoms with E-state index in [-0.39, 0.29) is 30.1 Å². The molecule has 25 heavy (non-hydrogen) atoms. The van der Waals surface area contributed by atoms with Gasteiger partial charge in [0.1, 0.15) is 12.4 Å². The third kappa shape index (κ3) is 3.89. The second-order valence-electron chi connectivity index (χ2n) is 5.45. The fraction of sp³-hybridized carbons (Fsp3) is 0.278. The Kier molecular flexibility index (Phi) is 5.94. The number of hydrogen-bond acceptors (Lipinski definition) is 6. The van der Waals surface area contributed by atoms with Gasteiger partial charge in [0, 0.05) is 24.5 Å². The lowest BCUT2D eigenvalue weighted by atomic mass is 9.98. The minimum atomic E-state index is -4.22. The van der Waals surface area contributed by atoms with Crippen molar-refractivity contribution in [2.24, 2.45) is 0 Å². The Hall–Kier alpha value is -2.22. The summed E-state index contributed by atoms with van der Waals surface area (Å²) >= 11 is 0. The second-order valence-corrected chi connectivity index (χ2v) is 7.58. The number of benzene rings is 2. The van der Waals surface area contributed by atoms with Crippen LogP contribution in [0.25, 0.3) is 0 Å². The quantitative estimate of drug-likeness (QED) is 0.567. The second kappa shape index (κ2) is 7.77. The molecule has 2 aromatic rings. The molecule has 0 bridgehead atoms.